The van der Waals surface area contributed by atoms with Crippen molar-refractivity contribution in [3.8, 4) is 5.75 Å². The van der Waals surface area contributed by atoms with E-state index in [1.165, 1.54) is 4.57 Å². The summed E-state index contributed by atoms with van der Waals surface area (Å²) >= 11 is 0. The van der Waals surface area contributed by atoms with E-state index in [9.17, 15) is 9.59 Å². The van der Waals surface area contributed by atoms with E-state index in [1.807, 2.05) is 35.8 Å². The number of rotatable bonds is 3. The Kier molecular flexibility index (Phi) is 4.97. The fourth-order valence-electron chi connectivity index (χ4n) is 5.02. The Balaban J connectivity index is 1.17. The molecule has 2 aliphatic rings. The van der Waals surface area contributed by atoms with E-state index in [0.29, 0.717) is 29.5 Å². The van der Waals surface area contributed by atoms with Gasteiger partial charge in [-0.3, -0.25) is 14.1 Å². The molecule has 0 bridgehead atoms. The number of hydrogen-bond acceptors (Lipinski definition) is 8. The molecule has 0 spiro atoms. The van der Waals surface area contributed by atoms with Gasteiger partial charge in [0.1, 0.15) is 18.2 Å². The zero-order valence-corrected chi connectivity index (χ0v) is 19.4. The summed E-state index contributed by atoms with van der Waals surface area (Å²) in [5.74, 6) is 1.57. The SMILES string of the molecule is Cc1cc(OC2=NCNC(N3CCC(n4c(=O)[nH]c5ncccc54)CC3)=C2)cc2oc(=O)n(C)c12. The van der Waals surface area contributed by atoms with Crippen molar-refractivity contribution in [3.63, 3.8) is 0 Å². The molecule has 1 aromatic carbocycles. The summed E-state index contributed by atoms with van der Waals surface area (Å²) in [6.45, 7) is 3.89. The van der Waals surface area contributed by atoms with Gasteiger partial charge < -0.3 is 19.4 Å². The van der Waals surface area contributed by atoms with E-state index in [0.717, 1.165) is 48.3 Å². The Morgan fingerprint density at radius 1 is 1.20 bits per heavy atom. The summed E-state index contributed by atoms with van der Waals surface area (Å²) in [6, 6.07) is 7.47. The smallest absolute Gasteiger partial charge is 0.419 e. The van der Waals surface area contributed by atoms with Crippen LogP contribution in [0.15, 0.2) is 61.4 Å². The lowest BCUT2D eigenvalue weighted by Crippen LogP contribution is -2.41. The average molecular weight is 476 g/mol. The number of aliphatic imine (C=N–C) groups is 1. The molecule has 11 nitrogen and oxygen atoms in total. The summed E-state index contributed by atoms with van der Waals surface area (Å²) in [4.78, 5) is 38.2. The number of nitrogens with zero attached hydrogens (tertiary/aromatic N) is 5. The number of imidazole rings is 1. The van der Waals surface area contributed by atoms with Crippen LogP contribution in [0.3, 0.4) is 0 Å². The van der Waals surface area contributed by atoms with Gasteiger partial charge in [0.25, 0.3) is 0 Å². The van der Waals surface area contributed by atoms with Crippen molar-refractivity contribution in [2.75, 3.05) is 19.8 Å². The number of ether oxygens (including phenoxy) is 1. The molecule has 5 heterocycles. The van der Waals surface area contributed by atoms with Gasteiger partial charge in [0.2, 0.25) is 5.90 Å². The number of aromatic amines is 1. The summed E-state index contributed by atoms with van der Waals surface area (Å²) < 4.78 is 14.7. The third kappa shape index (κ3) is 3.69. The van der Waals surface area contributed by atoms with Crippen molar-refractivity contribution in [1.29, 1.82) is 0 Å². The number of pyridine rings is 1. The highest BCUT2D eigenvalue weighted by Gasteiger charge is 2.26. The van der Waals surface area contributed by atoms with Crippen molar-refractivity contribution < 1.29 is 9.15 Å². The topological polar surface area (TPSA) is 123 Å². The molecule has 180 valence electrons. The minimum absolute atomic E-state index is 0.112. The number of fused-ring (bicyclic) bond motifs is 2. The lowest BCUT2D eigenvalue weighted by Gasteiger charge is -2.36. The first-order valence-electron chi connectivity index (χ1n) is 11.6. The third-order valence-electron chi connectivity index (χ3n) is 6.68. The van der Waals surface area contributed by atoms with Crippen molar-refractivity contribution in [2.24, 2.45) is 12.0 Å². The molecular formula is C24H25N7O4. The first-order chi connectivity index (χ1) is 17.0. The summed E-state index contributed by atoms with van der Waals surface area (Å²) in [6.07, 6.45) is 5.23. The Hall–Kier alpha value is -4.28. The van der Waals surface area contributed by atoms with E-state index in [4.69, 9.17) is 9.15 Å². The maximum Gasteiger partial charge on any atom is 0.419 e. The number of oxazole rings is 1. The zero-order valence-electron chi connectivity index (χ0n) is 19.4. The molecule has 11 heteroatoms. The number of H-pyrrole nitrogens is 1. The largest absolute Gasteiger partial charge is 0.439 e. The highest BCUT2D eigenvalue weighted by atomic mass is 16.5. The molecule has 1 saturated heterocycles. The van der Waals surface area contributed by atoms with Gasteiger partial charge in [-0.1, -0.05) is 0 Å². The van der Waals surface area contributed by atoms with Crippen LogP contribution in [0.2, 0.25) is 0 Å². The second-order valence-corrected chi connectivity index (χ2v) is 8.87. The number of likely N-dealkylation sites (tertiary alicyclic amines) is 1. The van der Waals surface area contributed by atoms with Gasteiger partial charge in [0, 0.05) is 44.5 Å². The van der Waals surface area contributed by atoms with Crippen LogP contribution in [0.4, 0.5) is 0 Å². The van der Waals surface area contributed by atoms with Crippen molar-refractivity contribution in [1.82, 2.24) is 29.3 Å². The predicted molar refractivity (Wildman–Crippen MR) is 131 cm³/mol. The van der Waals surface area contributed by atoms with Crippen molar-refractivity contribution >= 4 is 28.2 Å². The molecule has 0 amide bonds. The van der Waals surface area contributed by atoms with Gasteiger partial charge in [0.05, 0.1) is 11.0 Å². The molecule has 0 radical (unpaired) electrons. The predicted octanol–water partition coefficient (Wildman–Crippen LogP) is 1.99. The molecule has 3 aromatic heterocycles. The van der Waals surface area contributed by atoms with Gasteiger partial charge in [-0.2, -0.15) is 0 Å². The first kappa shape index (κ1) is 21.3. The Labute approximate surface area is 199 Å². The molecule has 0 saturated carbocycles. The Morgan fingerprint density at radius 3 is 2.86 bits per heavy atom. The van der Waals surface area contributed by atoms with Crippen LogP contribution in [0.25, 0.3) is 22.3 Å². The lowest BCUT2D eigenvalue weighted by atomic mass is 10.0. The summed E-state index contributed by atoms with van der Waals surface area (Å²) in [5, 5.41) is 3.32. The zero-order chi connectivity index (χ0) is 24.1. The maximum atomic E-state index is 12.5. The Morgan fingerprint density at radius 2 is 2.03 bits per heavy atom. The highest BCUT2D eigenvalue weighted by molar-refractivity contribution is 5.91. The normalized spacial score (nSPS) is 16.9. The molecule has 2 N–H and O–H groups in total. The monoisotopic (exact) mass is 475 g/mol. The van der Waals surface area contributed by atoms with E-state index in [1.54, 1.807) is 19.3 Å². The minimum Gasteiger partial charge on any atom is -0.439 e. The van der Waals surface area contributed by atoms with Crippen LogP contribution in [0.5, 0.6) is 5.75 Å². The molecule has 0 atom stereocenters. The number of hydrogen-bond donors (Lipinski definition) is 2. The minimum atomic E-state index is -0.406. The number of piperidine rings is 1. The second-order valence-electron chi connectivity index (χ2n) is 8.87. The molecule has 6 rings (SSSR count). The number of aryl methyl sites for hydroxylation is 2. The molecule has 1 fully saturated rings. The molecule has 4 aromatic rings. The lowest BCUT2D eigenvalue weighted by molar-refractivity contribution is 0.216. The fourth-order valence-corrected chi connectivity index (χ4v) is 5.02. The molecular weight excluding hydrogens is 450 g/mol. The van der Waals surface area contributed by atoms with E-state index in [-0.39, 0.29) is 11.7 Å². The molecule has 0 unspecified atom stereocenters. The van der Waals surface area contributed by atoms with E-state index in [2.05, 4.69) is 25.2 Å². The van der Waals surface area contributed by atoms with Crippen LogP contribution in [-0.4, -0.2) is 49.7 Å². The van der Waals surface area contributed by atoms with Gasteiger partial charge in [0.15, 0.2) is 11.2 Å². The average Bonchev–Trinajstić information content (AvgIpc) is 3.34. The van der Waals surface area contributed by atoms with Crippen LogP contribution in [-0.2, 0) is 7.05 Å². The van der Waals surface area contributed by atoms with Crippen molar-refractivity contribution in [2.45, 2.75) is 25.8 Å². The van der Waals surface area contributed by atoms with Crippen LogP contribution in [0.1, 0.15) is 24.4 Å². The molecule has 2 aliphatic heterocycles. The summed E-state index contributed by atoms with van der Waals surface area (Å²) in [7, 11) is 1.68. The summed E-state index contributed by atoms with van der Waals surface area (Å²) in [5.41, 5.74) is 3.47. The van der Waals surface area contributed by atoms with E-state index >= 15 is 0 Å². The van der Waals surface area contributed by atoms with E-state index < -0.39 is 5.76 Å². The van der Waals surface area contributed by atoms with Crippen LogP contribution >= 0.6 is 0 Å². The number of nitrogens with one attached hydrogen (secondary N) is 2. The quantitative estimate of drug-likeness (QED) is 0.465. The Bertz CT molecular complexity index is 1610. The van der Waals surface area contributed by atoms with Crippen LogP contribution in [0, 0.1) is 6.92 Å². The third-order valence-corrected chi connectivity index (χ3v) is 6.68. The van der Waals surface area contributed by atoms with Gasteiger partial charge >= 0.3 is 11.4 Å². The molecule has 35 heavy (non-hydrogen) atoms. The number of benzene rings is 1. The maximum absolute atomic E-state index is 12.5. The fraction of sp³-hybridized carbons (Fsp3) is 0.333. The number of aromatic nitrogens is 4. The standard InChI is InChI=1S/C24H25N7O4/c1-14-10-16(11-18-21(14)29(2)24(33)35-18)34-20-12-19(26-13-27-20)30-8-5-15(6-9-30)31-17-4-3-7-25-22(17)28-23(31)32/h3-4,7,10-12,15,26H,5-6,8-9,13H2,1-2H3,(H,25,28,32). The van der Waals surface area contributed by atoms with Gasteiger partial charge in [-0.05, 0) is 43.5 Å². The van der Waals surface area contributed by atoms with Crippen LogP contribution < -0.4 is 21.5 Å². The van der Waals surface area contributed by atoms with Crippen molar-refractivity contribution in [3.05, 3.63) is 69.0 Å². The first-order valence-corrected chi connectivity index (χ1v) is 11.6. The second kappa shape index (κ2) is 8.19. The molecule has 0 aliphatic carbocycles. The highest BCUT2D eigenvalue weighted by Crippen LogP contribution is 2.27. The van der Waals surface area contributed by atoms with Gasteiger partial charge in [-0.25, -0.2) is 19.6 Å². The van der Waals surface area contributed by atoms with Gasteiger partial charge in [-0.15, -0.1) is 0 Å².